The number of quaternary nitrogens is 1. The van der Waals surface area contributed by atoms with E-state index in [0.717, 1.165) is 12.3 Å². The van der Waals surface area contributed by atoms with Crippen molar-refractivity contribution < 1.29 is 9.94 Å². The highest BCUT2D eigenvalue weighted by Crippen LogP contribution is 1.64. The van der Waals surface area contributed by atoms with Crippen molar-refractivity contribution in [2.45, 2.75) is 0 Å². The van der Waals surface area contributed by atoms with E-state index in [4.69, 9.17) is 0 Å². The standard InChI is InChI=1S/C3H9NOS/c1-6(5)3-2-4/h2-4H2,1H3/p+1/t6-/m1/s1. The maximum atomic E-state index is 10.1. The summed E-state index contributed by atoms with van der Waals surface area (Å²) in [6.45, 7) is 0.781. The van der Waals surface area contributed by atoms with Gasteiger partial charge in [0.15, 0.2) is 0 Å². The Morgan fingerprint density at radius 1 is 1.83 bits per heavy atom. The molecule has 6 heavy (non-hydrogen) atoms. The quantitative estimate of drug-likeness (QED) is 0.465. The molecule has 0 spiro atoms. The predicted octanol–water partition coefficient (Wildman–Crippen LogP) is -1.39. The molecule has 0 radical (unpaired) electrons. The predicted molar refractivity (Wildman–Crippen MR) is 26.7 cm³/mol. The first-order chi connectivity index (χ1) is 2.77. The van der Waals surface area contributed by atoms with Gasteiger partial charge >= 0.3 is 0 Å². The zero-order chi connectivity index (χ0) is 4.99. The maximum absolute atomic E-state index is 10.1. The first kappa shape index (κ1) is 6.11. The van der Waals surface area contributed by atoms with Crippen molar-refractivity contribution in [3.05, 3.63) is 0 Å². The van der Waals surface area contributed by atoms with Crippen molar-refractivity contribution in [3.8, 4) is 0 Å². The minimum atomic E-state index is -0.628. The van der Waals surface area contributed by atoms with E-state index in [1.807, 2.05) is 0 Å². The molecule has 0 aromatic rings. The van der Waals surface area contributed by atoms with Crippen LogP contribution in [0.25, 0.3) is 0 Å². The topological polar surface area (TPSA) is 44.7 Å². The molecule has 0 aromatic heterocycles. The zero-order valence-electron chi connectivity index (χ0n) is 3.94. The molecule has 0 aliphatic heterocycles. The average Bonchev–Trinajstić information content (AvgIpc) is 1.35. The molecular formula is C3H10NOS+. The molecule has 0 bridgehead atoms. The summed E-state index contributed by atoms with van der Waals surface area (Å²) in [6, 6.07) is 0. The molecule has 0 aliphatic carbocycles. The van der Waals surface area contributed by atoms with Gasteiger partial charge in [-0.3, -0.25) is 4.21 Å². The lowest BCUT2D eigenvalue weighted by molar-refractivity contribution is -0.360. The molecular weight excluding hydrogens is 98.1 g/mol. The second-order valence-corrected chi connectivity index (χ2v) is 2.69. The molecule has 0 amide bonds. The van der Waals surface area contributed by atoms with E-state index in [1.165, 1.54) is 0 Å². The Labute approximate surface area is 40.2 Å². The zero-order valence-corrected chi connectivity index (χ0v) is 4.75. The van der Waals surface area contributed by atoms with E-state index in [0.29, 0.717) is 0 Å². The minimum absolute atomic E-state index is 0.628. The van der Waals surface area contributed by atoms with E-state index < -0.39 is 10.8 Å². The van der Waals surface area contributed by atoms with Crippen LogP contribution in [-0.2, 0) is 10.8 Å². The van der Waals surface area contributed by atoms with Gasteiger partial charge in [-0.1, -0.05) is 0 Å². The average molecular weight is 108 g/mol. The summed E-state index contributed by atoms with van der Waals surface area (Å²) in [4.78, 5) is 0. The first-order valence-corrected chi connectivity index (χ1v) is 3.59. The highest BCUT2D eigenvalue weighted by molar-refractivity contribution is 7.84. The Bertz CT molecular complexity index is 54.8. The lowest BCUT2D eigenvalue weighted by Gasteiger charge is -1.80. The summed E-state index contributed by atoms with van der Waals surface area (Å²) in [6.07, 6.45) is 1.69. The van der Waals surface area contributed by atoms with Crippen LogP contribution in [0.2, 0.25) is 0 Å². The summed E-state index contributed by atoms with van der Waals surface area (Å²) in [5.74, 6) is 0.736. The van der Waals surface area contributed by atoms with E-state index in [-0.39, 0.29) is 0 Å². The highest BCUT2D eigenvalue weighted by Gasteiger charge is 1.83. The second kappa shape index (κ2) is 3.31. The fraction of sp³-hybridized carbons (Fsp3) is 1.00. The van der Waals surface area contributed by atoms with Gasteiger partial charge in [-0.2, -0.15) is 0 Å². The van der Waals surface area contributed by atoms with Crippen LogP contribution in [0.4, 0.5) is 0 Å². The second-order valence-electron chi connectivity index (χ2n) is 1.13. The monoisotopic (exact) mass is 108 g/mol. The van der Waals surface area contributed by atoms with Crippen molar-refractivity contribution >= 4 is 10.8 Å². The smallest absolute Gasteiger partial charge is 0.0856 e. The number of hydrogen-bond acceptors (Lipinski definition) is 1. The third-order valence-corrected chi connectivity index (χ3v) is 1.30. The van der Waals surface area contributed by atoms with E-state index in [1.54, 1.807) is 6.26 Å². The minimum Gasteiger partial charge on any atom is -0.357 e. The van der Waals surface area contributed by atoms with Crippen molar-refractivity contribution in [2.75, 3.05) is 18.6 Å². The number of hydrogen-bond donors (Lipinski definition) is 1. The molecule has 38 valence electrons. The normalized spacial score (nSPS) is 14.3. The van der Waals surface area contributed by atoms with E-state index in [9.17, 15) is 4.21 Å². The van der Waals surface area contributed by atoms with Gasteiger partial charge in [-0.15, -0.1) is 0 Å². The van der Waals surface area contributed by atoms with Gasteiger partial charge in [-0.05, 0) is 0 Å². The molecule has 0 unspecified atom stereocenters. The van der Waals surface area contributed by atoms with Crippen LogP contribution in [-0.4, -0.2) is 22.8 Å². The third kappa shape index (κ3) is 4.11. The lowest BCUT2D eigenvalue weighted by Crippen LogP contribution is -2.52. The van der Waals surface area contributed by atoms with Gasteiger partial charge in [0.25, 0.3) is 0 Å². The van der Waals surface area contributed by atoms with E-state index in [2.05, 4.69) is 5.73 Å². The van der Waals surface area contributed by atoms with Crippen LogP contribution in [0.1, 0.15) is 0 Å². The van der Waals surface area contributed by atoms with Gasteiger partial charge in [0.05, 0.1) is 12.3 Å². The molecule has 2 nitrogen and oxygen atoms in total. The Morgan fingerprint density at radius 2 is 2.33 bits per heavy atom. The van der Waals surface area contributed by atoms with Crippen LogP contribution in [0, 0.1) is 0 Å². The van der Waals surface area contributed by atoms with Crippen LogP contribution >= 0.6 is 0 Å². The largest absolute Gasteiger partial charge is 0.357 e. The van der Waals surface area contributed by atoms with Crippen LogP contribution in [0.3, 0.4) is 0 Å². The Balaban J connectivity index is 2.83. The number of rotatable bonds is 2. The third-order valence-electron chi connectivity index (χ3n) is 0.432. The van der Waals surface area contributed by atoms with Gasteiger partial charge in [0.2, 0.25) is 0 Å². The molecule has 0 fully saturated rings. The fourth-order valence-corrected chi connectivity index (χ4v) is 0.610. The molecule has 0 aromatic carbocycles. The van der Waals surface area contributed by atoms with Crippen LogP contribution in [0.5, 0.6) is 0 Å². The summed E-state index contributed by atoms with van der Waals surface area (Å²) >= 11 is 0. The molecule has 3 N–H and O–H groups in total. The first-order valence-electron chi connectivity index (χ1n) is 1.86. The van der Waals surface area contributed by atoms with Gasteiger partial charge in [0, 0.05) is 17.1 Å². The Hall–Kier alpha value is 0.110. The molecule has 1 atom stereocenters. The SMILES string of the molecule is C[S@@](=O)CC[NH3+]. The molecule has 3 heteroatoms. The molecule has 0 rings (SSSR count). The molecule has 0 saturated heterocycles. The van der Waals surface area contributed by atoms with Gasteiger partial charge in [-0.25, -0.2) is 0 Å². The lowest BCUT2D eigenvalue weighted by atomic mass is 10.8. The summed E-state index contributed by atoms with van der Waals surface area (Å²) in [5.41, 5.74) is 3.53. The summed E-state index contributed by atoms with van der Waals surface area (Å²) < 4.78 is 10.1. The van der Waals surface area contributed by atoms with Crippen molar-refractivity contribution in [1.29, 1.82) is 0 Å². The van der Waals surface area contributed by atoms with Crippen LogP contribution in [0.15, 0.2) is 0 Å². The van der Waals surface area contributed by atoms with Crippen molar-refractivity contribution in [1.82, 2.24) is 0 Å². The summed E-state index contributed by atoms with van der Waals surface area (Å²) in [5, 5.41) is 0. The van der Waals surface area contributed by atoms with Gasteiger partial charge < -0.3 is 5.73 Å². The van der Waals surface area contributed by atoms with Crippen LogP contribution < -0.4 is 5.73 Å². The van der Waals surface area contributed by atoms with E-state index >= 15 is 0 Å². The fourth-order valence-electron chi connectivity index (χ4n) is 0.203. The van der Waals surface area contributed by atoms with Crippen molar-refractivity contribution in [2.24, 2.45) is 0 Å². The Kier molecular flexibility index (Phi) is 3.37. The van der Waals surface area contributed by atoms with Crippen molar-refractivity contribution in [3.63, 3.8) is 0 Å². The molecule has 0 heterocycles. The molecule has 0 aliphatic rings. The summed E-state index contributed by atoms with van der Waals surface area (Å²) in [7, 11) is -0.628. The Morgan fingerprint density at radius 3 is 2.33 bits per heavy atom. The van der Waals surface area contributed by atoms with Gasteiger partial charge in [0.1, 0.15) is 0 Å². The highest BCUT2D eigenvalue weighted by atomic mass is 32.2. The molecule has 0 saturated carbocycles. The maximum Gasteiger partial charge on any atom is 0.0856 e.